The van der Waals surface area contributed by atoms with Gasteiger partial charge in [-0.1, -0.05) is 18.2 Å². The molecule has 0 atom stereocenters. The lowest BCUT2D eigenvalue weighted by atomic mass is 9.97. The van der Waals surface area contributed by atoms with Crippen LogP contribution in [-0.4, -0.2) is 39.5 Å². The van der Waals surface area contributed by atoms with Crippen LogP contribution in [-0.2, 0) is 13.0 Å². The average molecular weight is 366 g/mol. The van der Waals surface area contributed by atoms with Gasteiger partial charge in [-0.05, 0) is 29.7 Å². The van der Waals surface area contributed by atoms with E-state index in [4.69, 9.17) is 11.6 Å². The van der Waals surface area contributed by atoms with Crippen LogP contribution in [0.2, 0.25) is 5.28 Å². The van der Waals surface area contributed by atoms with E-state index in [0.717, 1.165) is 4.90 Å². The Bertz CT molecular complexity index is 858. The molecule has 5 nitrogen and oxygen atoms in total. The van der Waals surface area contributed by atoms with Gasteiger partial charge in [0.1, 0.15) is 0 Å². The average Bonchev–Trinajstić information content (AvgIpc) is 2.83. The summed E-state index contributed by atoms with van der Waals surface area (Å²) in [5.41, 5.74) is 2.43. The highest BCUT2D eigenvalue weighted by Crippen LogP contribution is 2.28. The van der Waals surface area contributed by atoms with Crippen LogP contribution in [0.4, 0.5) is 8.78 Å². The Morgan fingerprint density at radius 2 is 2.16 bits per heavy atom. The quantitative estimate of drug-likeness (QED) is 0.603. The molecule has 0 bridgehead atoms. The molecule has 2 heterocycles. The smallest absolute Gasteiger partial charge is 0.255 e. The van der Waals surface area contributed by atoms with Crippen LogP contribution >= 0.6 is 11.6 Å². The van der Waals surface area contributed by atoms with Crippen molar-refractivity contribution in [1.82, 2.24) is 14.9 Å². The summed E-state index contributed by atoms with van der Waals surface area (Å²) in [4.78, 5) is 33.3. The number of carbonyl (C=O) groups is 2. The number of nitrogens with zero attached hydrogens (tertiary/aromatic N) is 3. The van der Waals surface area contributed by atoms with Crippen LogP contribution in [0.15, 0.2) is 24.4 Å². The van der Waals surface area contributed by atoms with Crippen molar-refractivity contribution in [1.29, 1.82) is 0 Å². The molecule has 0 aliphatic carbocycles. The summed E-state index contributed by atoms with van der Waals surface area (Å²) in [6.07, 6.45) is -1.05. The summed E-state index contributed by atoms with van der Waals surface area (Å²) in [6.45, 7) is 0.933. The van der Waals surface area contributed by atoms with Gasteiger partial charge in [-0.2, -0.15) is 0 Å². The summed E-state index contributed by atoms with van der Waals surface area (Å²) in [6, 6.07) is 5.22. The molecule has 8 heteroatoms. The fraction of sp³-hybridized carbons (Fsp3) is 0.294. The van der Waals surface area contributed by atoms with E-state index in [1.807, 2.05) is 0 Å². The summed E-state index contributed by atoms with van der Waals surface area (Å²) >= 11 is 5.82. The van der Waals surface area contributed by atoms with Crippen molar-refractivity contribution >= 4 is 23.3 Å². The van der Waals surface area contributed by atoms with Crippen molar-refractivity contribution < 1.29 is 18.4 Å². The third-order valence-corrected chi connectivity index (χ3v) is 4.22. The second kappa shape index (κ2) is 6.84. The van der Waals surface area contributed by atoms with Crippen molar-refractivity contribution in [2.45, 2.75) is 26.3 Å². The number of aromatic nitrogens is 2. The van der Waals surface area contributed by atoms with Crippen LogP contribution in [0, 0.1) is 0 Å². The first kappa shape index (κ1) is 17.4. The molecule has 130 valence electrons. The number of fused-ring (bicyclic) bond motifs is 1. The Morgan fingerprint density at radius 3 is 2.84 bits per heavy atom. The maximum Gasteiger partial charge on any atom is 0.255 e. The van der Waals surface area contributed by atoms with Gasteiger partial charge in [0.2, 0.25) is 5.28 Å². The molecular formula is C17H14ClF2N3O2. The normalized spacial score (nSPS) is 13.5. The van der Waals surface area contributed by atoms with Crippen LogP contribution in [0.25, 0.3) is 0 Å². The Balaban J connectivity index is 1.98. The number of hydrogen-bond donors (Lipinski definition) is 0. The van der Waals surface area contributed by atoms with E-state index < -0.39 is 18.9 Å². The minimum Gasteiger partial charge on any atom is -0.329 e. The molecule has 1 amide bonds. The van der Waals surface area contributed by atoms with E-state index in [2.05, 4.69) is 9.97 Å². The van der Waals surface area contributed by atoms with Crippen molar-refractivity contribution in [2.24, 2.45) is 0 Å². The number of carbonyl (C=O) groups excluding carboxylic acids is 2. The Labute approximate surface area is 147 Å². The predicted molar refractivity (Wildman–Crippen MR) is 87.0 cm³/mol. The molecule has 0 N–H and O–H groups in total. The van der Waals surface area contributed by atoms with E-state index in [-0.39, 0.29) is 24.0 Å². The van der Waals surface area contributed by atoms with Gasteiger partial charge in [0, 0.05) is 24.7 Å². The van der Waals surface area contributed by atoms with Gasteiger partial charge in [0.05, 0.1) is 17.8 Å². The first-order valence-electron chi connectivity index (χ1n) is 7.57. The number of rotatable bonds is 5. The van der Waals surface area contributed by atoms with Crippen LogP contribution < -0.4 is 0 Å². The molecule has 1 aromatic heterocycles. The monoisotopic (exact) mass is 365 g/mol. The Morgan fingerprint density at radius 1 is 1.40 bits per heavy atom. The highest BCUT2D eigenvalue weighted by atomic mass is 35.5. The topological polar surface area (TPSA) is 63.2 Å². The molecule has 2 aromatic rings. The zero-order valence-electron chi connectivity index (χ0n) is 13.3. The van der Waals surface area contributed by atoms with E-state index >= 15 is 0 Å². The first-order chi connectivity index (χ1) is 11.9. The molecule has 0 radical (unpaired) electrons. The van der Waals surface area contributed by atoms with Crippen molar-refractivity contribution in [2.75, 3.05) is 6.54 Å². The molecule has 0 unspecified atom stereocenters. The summed E-state index contributed by atoms with van der Waals surface area (Å²) in [7, 11) is 0. The lowest BCUT2D eigenvalue weighted by Crippen LogP contribution is -2.29. The van der Waals surface area contributed by atoms with Crippen LogP contribution in [0.3, 0.4) is 0 Å². The molecule has 0 saturated carbocycles. The van der Waals surface area contributed by atoms with Crippen molar-refractivity contribution in [3.8, 4) is 0 Å². The van der Waals surface area contributed by atoms with E-state index in [1.54, 1.807) is 18.2 Å². The largest absolute Gasteiger partial charge is 0.329 e. The van der Waals surface area contributed by atoms with Gasteiger partial charge in [0.15, 0.2) is 5.78 Å². The predicted octanol–water partition coefficient (Wildman–Crippen LogP) is 3.14. The maximum atomic E-state index is 12.7. The van der Waals surface area contributed by atoms with Gasteiger partial charge < -0.3 is 4.90 Å². The first-order valence-corrected chi connectivity index (χ1v) is 7.95. The number of ketones is 1. The maximum absolute atomic E-state index is 12.7. The van der Waals surface area contributed by atoms with E-state index in [1.165, 1.54) is 13.1 Å². The van der Waals surface area contributed by atoms with Crippen molar-refractivity contribution in [3.63, 3.8) is 0 Å². The fourth-order valence-electron chi connectivity index (χ4n) is 2.96. The summed E-state index contributed by atoms with van der Waals surface area (Å²) < 4.78 is 25.3. The zero-order chi connectivity index (χ0) is 18.1. The van der Waals surface area contributed by atoms with Crippen LogP contribution in [0.1, 0.15) is 44.5 Å². The highest BCUT2D eigenvalue weighted by molar-refractivity contribution is 6.28. The minimum atomic E-state index is -2.59. The molecule has 0 spiro atoms. The van der Waals surface area contributed by atoms with Gasteiger partial charge in [-0.3, -0.25) is 9.59 Å². The molecule has 1 aromatic carbocycles. The lowest BCUT2D eigenvalue weighted by molar-refractivity contribution is 0.0577. The van der Waals surface area contributed by atoms with Crippen LogP contribution in [0.5, 0.6) is 0 Å². The fourth-order valence-corrected chi connectivity index (χ4v) is 3.11. The molecule has 1 aliphatic heterocycles. The lowest BCUT2D eigenvalue weighted by Gasteiger charge is -2.14. The van der Waals surface area contributed by atoms with Gasteiger partial charge in [0.25, 0.3) is 12.3 Å². The molecule has 0 fully saturated rings. The summed E-state index contributed by atoms with van der Waals surface area (Å²) in [5.74, 6) is -0.652. The highest BCUT2D eigenvalue weighted by Gasteiger charge is 2.31. The third-order valence-electron chi connectivity index (χ3n) is 4.03. The Kier molecular flexibility index (Phi) is 4.76. The number of alkyl halides is 2. The number of halogens is 3. The minimum absolute atomic E-state index is 0.00164. The molecular weight excluding hydrogens is 352 g/mol. The molecule has 3 rings (SSSR count). The van der Waals surface area contributed by atoms with Crippen molar-refractivity contribution in [3.05, 3.63) is 57.6 Å². The van der Waals surface area contributed by atoms with Gasteiger partial charge >= 0.3 is 0 Å². The number of benzene rings is 1. The SMILES string of the molecule is CC(=O)c1cnc(Cl)nc1Cc1cccc2c1C(=O)N(CC(F)F)C2. The van der Waals surface area contributed by atoms with E-state index in [9.17, 15) is 18.4 Å². The second-order valence-electron chi connectivity index (χ2n) is 5.76. The van der Waals surface area contributed by atoms with Gasteiger partial charge in [-0.15, -0.1) is 0 Å². The number of hydrogen-bond acceptors (Lipinski definition) is 4. The number of amides is 1. The standard InChI is InChI=1S/C17H14ClF2N3O2/c1-9(24)12-6-21-17(18)22-13(12)5-10-3-2-4-11-7-23(8-14(19)20)16(25)15(10)11/h2-4,6,14H,5,7-8H2,1H3. The zero-order valence-corrected chi connectivity index (χ0v) is 14.1. The second-order valence-corrected chi connectivity index (χ2v) is 6.10. The third kappa shape index (κ3) is 3.51. The Hall–Kier alpha value is -2.41. The molecule has 25 heavy (non-hydrogen) atoms. The molecule has 0 saturated heterocycles. The molecule has 1 aliphatic rings. The number of Topliss-reactive ketones (excluding diaryl/α,β-unsaturated/α-hetero) is 1. The van der Waals surface area contributed by atoms with E-state index in [0.29, 0.717) is 27.9 Å². The summed E-state index contributed by atoms with van der Waals surface area (Å²) in [5, 5.41) is -0.00164. The van der Waals surface area contributed by atoms with Gasteiger partial charge in [-0.25, -0.2) is 18.7 Å².